The Labute approximate surface area is 284 Å². The molecule has 2 aromatic rings. The van der Waals surface area contributed by atoms with E-state index in [4.69, 9.17) is 0 Å². The van der Waals surface area contributed by atoms with Crippen LogP contribution in [0.5, 0.6) is 0 Å². The van der Waals surface area contributed by atoms with Gasteiger partial charge in [-0.25, -0.2) is 4.79 Å². The van der Waals surface area contributed by atoms with Crippen LogP contribution in [0.15, 0.2) is 67.4 Å². The summed E-state index contributed by atoms with van der Waals surface area (Å²) in [6.07, 6.45) is 21.0. The van der Waals surface area contributed by atoms with Gasteiger partial charge in [-0.3, -0.25) is 4.98 Å². The van der Waals surface area contributed by atoms with Crippen LogP contribution in [0.1, 0.15) is 120 Å². The Morgan fingerprint density at radius 1 is 0.957 bits per heavy atom. The van der Waals surface area contributed by atoms with Crippen molar-refractivity contribution in [2.75, 3.05) is 13.1 Å². The van der Waals surface area contributed by atoms with E-state index in [1.807, 2.05) is 31.3 Å². The first-order valence-corrected chi connectivity index (χ1v) is 18.7. The Morgan fingerprint density at radius 3 is 2.43 bits per heavy atom. The zero-order chi connectivity index (χ0) is 33.5. The van der Waals surface area contributed by atoms with Gasteiger partial charge in [0, 0.05) is 31.4 Å². The van der Waals surface area contributed by atoms with E-state index in [1.165, 1.54) is 81.2 Å². The molecule has 4 fully saturated rings. The summed E-state index contributed by atoms with van der Waals surface area (Å²) < 4.78 is 0. The summed E-state index contributed by atoms with van der Waals surface area (Å²) in [6.45, 7) is 18.1. The summed E-state index contributed by atoms with van der Waals surface area (Å²) in [5, 5.41) is 13.3. The lowest BCUT2D eigenvalue weighted by Gasteiger charge is -2.71. The van der Waals surface area contributed by atoms with Crippen molar-refractivity contribution in [2.24, 2.45) is 51.2 Å². The number of nitrogens with one attached hydrogen (secondary N) is 1. The van der Waals surface area contributed by atoms with E-state index in [1.54, 1.807) is 18.2 Å². The Kier molecular flexibility index (Phi) is 9.66. The molecule has 47 heavy (non-hydrogen) atoms. The van der Waals surface area contributed by atoms with Gasteiger partial charge in [0.25, 0.3) is 0 Å². The maximum Gasteiger partial charge on any atom is 0.335 e. The number of nitrogens with zero attached hydrogens (tertiary/aromatic N) is 1. The lowest BCUT2D eigenvalue weighted by atomic mass is 9.33. The maximum absolute atomic E-state index is 11.4. The fourth-order valence-corrected chi connectivity index (χ4v) is 12.5. The molecule has 9 atom stereocenters. The highest BCUT2D eigenvalue weighted by Crippen LogP contribution is 2.76. The predicted molar refractivity (Wildman–Crippen MR) is 194 cm³/mol. The molecule has 0 spiro atoms. The predicted octanol–water partition coefficient (Wildman–Crippen LogP) is 10.3. The Balaban J connectivity index is 0.00000124. The van der Waals surface area contributed by atoms with Crippen molar-refractivity contribution in [3.8, 4) is 0 Å². The second-order valence-corrected chi connectivity index (χ2v) is 16.8. The number of pyridine rings is 1. The van der Waals surface area contributed by atoms with Gasteiger partial charge in [0.05, 0.1) is 5.56 Å². The minimum Gasteiger partial charge on any atom is -0.478 e. The van der Waals surface area contributed by atoms with Crippen LogP contribution >= 0.6 is 0 Å². The molecule has 1 aromatic carbocycles. The quantitative estimate of drug-likeness (QED) is 0.235. The van der Waals surface area contributed by atoms with Gasteiger partial charge in [-0.1, -0.05) is 64.5 Å². The number of benzene rings is 1. The van der Waals surface area contributed by atoms with Gasteiger partial charge in [0.2, 0.25) is 0 Å². The molecule has 0 amide bonds. The summed E-state index contributed by atoms with van der Waals surface area (Å²) in [5.74, 6) is 2.85. The van der Waals surface area contributed by atoms with E-state index >= 15 is 0 Å². The lowest BCUT2D eigenvalue weighted by Crippen LogP contribution is -2.64. The SMILES string of the molecule is C=CC.CC1C(c2ccc(C(=O)O)cc2)=CCC2(C)C1CCC1(C)C2CCC2C3CCCC3(CNCCc3ccccn3)CC[C@]21C. The second kappa shape index (κ2) is 13.3. The number of aromatic carboxylic acids is 1. The number of hydrogen-bond donors (Lipinski definition) is 2. The molecule has 5 aliphatic rings. The summed E-state index contributed by atoms with van der Waals surface area (Å²) in [7, 11) is 0. The molecule has 4 saturated carbocycles. The van der Waals surface area contributed by atoms with Crippen molar-refractivity contribution in [2.45, 2.75) is 105 Å². The molecule has 2 N–H and O–H groups in total. The average Bonchev–Trinajstić information content (AvgIpc) is 3.49. The number of carbonyl (C=O) groups is 1. The topological polar surface area (TPSA) is 62.2 Å². The van der Waals surface area contributed by atoms with Crippen LogP contribution < -0.4 is 5.32 Å². The molecule has 0 bridgehead atoms. The fraction of sp³-hybridized carbons (Fsp3) is 0.628. The zero-order valence-corrected chi connectivity index (χ0v) is 29.9. The third-order valence-corrected chi connectivity index (χ3v) is 15.0. The Bertz CT molecular complexity index is 1450. The van der Waals surface area contributed by atoms with Crippen LogP contribution in [0.2, 0.25) is 0 Å². The largest absolute Gasteiger partial charge is 0.478 e. The van der Waals surface area contributed by atoms with E-state index in [2.05, 4.69) is 62.8 Å². The Hall–Kier alpha value is -2.72. The zero-order valence-electron chi connectivity index (χ0n) is 29.9. The smallest absolute Gasteiger partial charge is 0.335 e. The molecule has 1 heterocycles. The van der Waals surface area contributed by atoms with Gasteiger partial charge in [-0.15, -0.1) is 6.58 Å². The maximum atomic E-state index is 11.4. The second-order valence-electron chi connectivity index (χ2n) is 16.8. The molecule has 254 valence electrons. The van der Waals surface area contributed by atoms with Crippen molar-refractivity contribution in [3.63, 3.8) is 0 Å². The van der Waals surface area contributed by atoms with Crippen molar-refractivity contribution < 1.29 is 9.90 Å². The van der Waals surface area contributed by atoms with Gasteiger partial charge in [-0.2, -0.15) is 0 Å². The van der Waals surface area contributed by atoms with Crippen molar-refractivity contribution >= 4 is 11.5 Å². The van der Waals surface area contributed by atoms with Crippen LogP contribution in [0.3, 0.4) is 0 Å². The molecular weight excluding hydrogens is 576 g/mol. The van der Waals surface area contributed by atoms with Gasteiger partial charge in [0.15, 0.2) is 0 Å². The Morgan fingerprint density at radius 2 is 1.72 bits per heavy atom. The average molecular weight is 637 g/mol. The molecule has 4 nitrogen and oxygen atoms in total. The fourth-order valence-electron chi connectivity index (χ4n) is 12.5. The number of carboxylic acids is 1. The highest BCUT2D eigenvalue weighted by atomic mass is 16.4. The van der Waals surface area contributed by atoms with Gasteiger partial charge in [0.1, 0.15) is 0 Å². The minimum absolute atomic E-state index is 0.335. The number of fused-ring (bicyclic) bond motifs is 7. The lowest BCUT2D eigenvalue weighted by molar-refractivity contribution is -0.217. The van der Waals surface area contributed by atoms with E-state index in [-0.39, 0.29) is 0 Å². The summed E-state index contributed by atoms with van der Waals surface area (Å²) >= 11 is 0. The monoisotopic (exact) mass is 636 g/mol. The van der Waals surface area contributed by atoms with Gasteiger partial charge >= 0.3 is 5.97 Å². The number of allylic oxidation sites excluding steroid dienone is 3. The minimum atomic E-state index is -0.847. The van der Waals surface area contributed by atoms with Crippen LogP contribution in [-0.4, -0.2) is 29.1 Å². The van der Waals surface area contributed by atoms with E-state index in [0.29, 0.717) is 39.1 Å². The number of rotatable bonds is 7. The van der Waals surface area contributed by atoms with Crippen molar-refractivity contribution in [3.05, 3.63) is 84.2 Å². The standard InChI is InChI=1S/C40H54N2O2.C3H6/c1-27-31(28-10-12-29(13-11-28)36(43)44)16-20-37(2)32(27)17-21-39(4)35(37)15-14-33-34-9-7-19-40(34,23-22-38(33,39)3)26-41-25-18-30-8-5-6-24-42-30;1-3-2/h5-6,8,10-13,16,24,27,32-35,41H,7,9,14-15,17-23,25-26H2,1-4H3,(H,43,44);3H,1H2,2H3/t27?,32?,33?,34?,35?,37?,38-,39?,40?;/m1./s1. The third-order valence-electron chi connectivity index (χ3n) is 15.0. The molecule has 4 heteroatoms. The highest BCUT2D eigenvalue weighted by molar-refractivity contribution is 5.88. The molecule has 0 aliphatic heterocycles. The molecule has 0 radical (unpaired) electrons. The normalized spacial score (nSPS) is 38.7. The third kappa shape index (κ3) is 5.75. The molecule has 8 unspecified atom stereocenters. The van der Waals surface area contributed by atoms with E-state index < -0.39 is 5.97 Å². The summed E-state index contributed by atoms with van der Waals surface area (Å²) in [4.78, 5) is 16.0. The highest BCUT2D eigenvalue weighted by Gasteiger charge is 2.68. The molecular formula is C43H60N2O2. The number of hydrogen-bond acceptors (Lipinski definition) is 3. The molecule has 5 aliphatic carbocycles. The van der Waals surface area contributed by atoms with Crippen LogP contribution in [-0.2, 0) is 6.42 Å². The molecule has 1 aromatic heterocycles. The van der Waals surface area contributed by atoms with E-state index in [9.17, 15) is 9.90 Å². The first-order chi connectivity index (χ1) is 22.5. The molecule has 7 rings (SSSR count). The first kappa shape index (κ1) is 34.2. The van der Waals surface area contributed by atoms with Crippen molar-refractivity contribution in [1.82, 2.24) is 10.3 Å². The van der Waals surface area contributed by atoms with E-state index in [0.717, 1.165) is 37.1 Å². The summed E-state index contributed by atoms with van der Waals surface area (Å²) in [6, 6.07) is 13.9. The van der Waals surface area contributed by atoms with Crippen molar-refractivity contribution in [1.29, 1.82) is 0 Å². The summed E-state index contributed by atoms with van der Waals surface area (Å²) in [5.41, 5.74) is 5.88. The number of carboxylic acid groups (broad SMARTS) is 1. The van der Waals surface area contributed by atoms with Crippen LogP contribution in [0.4, 0.5) is 0 Å². The van der Waals surface area contributed by atoms with Gasteiger partial charge in [-0.05, 0) is 151 Å². The first-order valence-electron chi connectivity index (χ1n) is 18.7. The number of aromatic nitrogens is 1. The van der Waals surface area contributed by atoms with Gasteiger partial charge < -0.3 is 10.4 Å². The van der Waals surface area contributed by atoms with Crippen LogP contribution in [0, 0.1) is 51.2 Å². The van der Waals surface area contributed by atoms with Crippen LogP contribution in [0.25, 0.3) is 5.57 Å². The molecule has 0 saturated heterocycles.